The van der Waals surface area contributed by atoms with Crippen LogP contribution < -0.4 is 5.32 Å². The van der Waals surface area contributed by atoms with E-state index in [2.05, 4.69) is 54.1 Å². The van der Waals surface area contributed by atoms with Crippen LogP contribution in [0.15, 0.2) is 36.7 Å². The minimum atomic E-state index is 0.0824. The largest absolute Gasteiger partial charge is 0.375 e. The number of hydrogen-bond acceptors (Lipinski definition) is 4. The Labute approximate surface area is 187 Å². The van der Waals surface area contributed by atoms with Crippen LogP contribution in [0.1, 0.15) is 95.6 Å². The second-order valence-corrected chi connectivity index (χ2v) is 11.2. The maximum atomic E-state index is 6.41. The summed E-state index contributed by atoms with van der Waals surface area (Å²) in [5.74, 6) is 0. The molecular formula is C26H38N4O. The minimum Gasteiger partial charge on any atom is -0.375 e. The van der Waals surface area contributed by atoms with Gasteiger partial charge in [0.2, 0.25) is 0 Å². The molecule has 2 fully saturated rings. The molecule has 5 heteroatoms. The van der Waals surface area contributed by atoms with Crippen molar-refractivity contribution >= 4 is 0 Å². The number of nitrogens with one attached hydrogen (secondary N) is 1. The average Bonchev–Trinajstić information content (AvgIpc) is 3.47. The molecule has 0 radical (unpaired) electrons. The first kappa shape index (κ1) is 21.1. The molecule has 3 atom stereocenters. The predicted octanol–water partition coefficient (Wildman–Crippen LogP) is 5.35. The normalized spacial score (nSPS) is 30.0. The van der Waals surface area contributed by atoms with Crippen molar-refractivity contribution in [1.82, 2.24) is 20.1 Å². The monoisotopic (exact) mass is 422 g/mol. The maximum absolute atomic E-state index is 6.41. The van der Waals surface area contributed by atoms with E-state index in [1.54, 1.807) is 0 Å². The van der Waals surface area contributed by atoms with E-state index in [0.29, 0.717) is 12.1 Å². The first-order chi connectivity index (χ1) is 14.9. The molecule has 1 N–H and O–H groups in total. The Morgan fingerprint density at radius 2 is 1.97 bits per heavy atom. The molecule has 5 rings (SSSR count). The van der Waals surface area contributed by atoms with Crippen LogP contribution in [0.2, 0.25) is 0 Å². The van der Waals surface area contributed by atoms with Gasteiger partial charge in [0.1, 0.15) is 0 Å². The molecule has 5 nitrogen and oxygen atoms in total. The van der Waals surface area contributed by atoms with Crippen molar-refractivity contribution in [3.05, 3.63) is 48.0 Å². The zero-order valence-corrected chi connectivity index (χ0v) is 19.4. The number of nitrogens with zero attached hydrogens (tertiary/aromatic N) is 3. The Balaban J connectivity index is 1.32. The van der Waals surface area contributed by atoms with Gasteiger partial charge in [0, 0.05) is 30.1 Å². The summed E-state index contributed by atoms with van der Waals surface area (Å²) < 4.78 is 8.67. The molecule has 2 aromatic heterocycles. The van der Waals surface area contributed by atoms with Crippen LogP contribution in [-0.2, 0) is 10.2 Å². The highest BCUT2D eigenvalue weighted by Crippen LogP contribution is 2.50. The predicted molar refractivity (Wildman–Crippen MR) is 123 cm³/mol. The van der Waals surface area contributed by atoms with Crippen molar-refractivity contribution in [2.75, 3.05) is 13.2 Å². The lowest BCUT2D eigenvalue weighted by atomic mass is 9.68. The Morgan fingerprint density at radius 1 is 1.13 bits per heavy atom. The van der Waals surface area contributed by atoms with Gasteiger partial charge in [0.15, 0.2) is 0 Å². The summed E-state index contributed by atoms with van der Waals surface area (Å²) in [4.78, 5) is 4.85. The van der Waals surface area contributed by atoms with Gasteiger partial charge in [0.05, 0.1) is 23.4 Å². The van der Waals surface area contributed by atoms with Crippen LogP contribution in [0.5, 0.6) is 0 Å². The highest BCUT2D eigenvalue weighted by Gasteiger charge is 2.48. The fraction of sp³-hybridized carbons (Fsp3) is 0.692. The number of aromatic nitrogens is 3. The second kappa shape index (κ2) is 8.00. The standard InChI is InChI=1S/C26H38N4O/c1-24(2,3)23-18-20(21-9-15-29-30(21)23)27-16-12-25(22-8-4-7-14-28-22)13-17-31-26(19-25)10-5-6-11-26/h4,7-9,14-15,20,23,27H,5-6,10-13,16-19H2,1-3H3. The molecule has 0 aromatic carbocycles. The summed E-state index contributed by atoms with van der Waals surface area (Å²) in [6.45, 7) is 8.83. The van der Waals surface area contributed by atoms with E-state index in [1.165, 1.54) is 37.1 Å². The van der Waals surface area contributed by atoms with Crippen LogP contribution in [0.25, 0.3) is 0 Å². The van der Waals surface area contributed by atoms with Crippen LogP contribution in [-0.4, -0.2) is 33.5 Å². The molecule has 2 aromatic rings. The van der Waals surface area contributed by atoms with Gasteiger partial charge in [0.25, 0.3) is 0 Å². The molecule has 3 aliphatic rings. The van der Waals surface area contributed by atoms with Crippen LogP contribution in [0.3, 0.4) is 0 Å². The number of ether oxygens (including phenoxy) is 1. The van der Waals surface area contributed by atoms with Crippen molar-refractivity contribution in [2.24, 2.45) is 5.41 Å². The Bertz CT molecular complexity index is 880. The van der Waals surface area contributed by atoms with Gasteiger partial charge in [-0.25, -0.2) is 0 Å². The smallest absolute Gasteiger partial charge is 0.0691 e. The van der Waals surface area contributed by atoms with Gasteiger partial charge in [-0.1, -0.05) is 39.7 Å². The number of fused-ring (bicyclic) bond motifs is 1. The molecule has 1 saturated heterocycles. The highest BCUT2D eigenvalue weighted by molar-refractivity contribution is 5.21. The third kappa shape index (κ3) is 3.95. The highest BCUT2D eigenvalue weighted by atomic mass is 16.5. The van der Waals surface area contributed by atoms with Crippen LogP contribution >= 0.6 is 0 Å². The van der Waals surface area contributed by atoms with Crippen molar-refractivity contribution < 1.29 is 4.74 Å². The van der Waals surface area contributed by atoms with Crippen molar-refractivity contribution in [3.63, 3.8) is 0 Å². The Morgan fingerprint density at radius 3 is 2.71 bits per heavy atom. The average molecular weight is 423 g/mol. The summed E-state index contributed by atoms with van der Waals surface area (Å²) in [6.07, 6.45) is 13.4. The van der Waals surface area contributed by atoms with E-state index in [9.17, 15) is 0 Å². The number of rotatable bonds is 5. The van der Waals surface area contributed by atoms with Crippen molar-refractivity contribution in [3.8, 4) is 0 Å². The molecule has 2 aliphatic heterocycles. The summed E-state index contributed by atoms with van der Waals surface area (Å²) >= 11 is 0. The zero-order valence-electron chi connectivity index (χ0n) is 19.4. The summed E-state index contributed by atoms with van der Waals surface area (Å²) in [5.41, 5.74) is 3.00. The molecular weight excluding hydrogens is 384 g/mol. The lowest BCUT2D eigenvalue weighted by Crippen LogP contribution is -2.47. The molecule has 1 saturated carbocycles. The summed E-state index contributed by atoms with van der Waals surface area (Å²) in [6, 6.07) is 9.45. The van der Waals surface area contributed by atoms with Crippen LogP contribution in [0, 0.1) is 5.41 Å². The van der Waals surface area contributed by atoms with Gasteiger partial charge in [-0.15, -0.1) is 0 Å². The van der Waals surface area contributed by atoms with E-state index in [4.69, 9.17) is 9.72 Å². The second-order valence-electron chi connectivity index (χ2n) is 11.2. The van der Waals surface area contributed by atoms with Gasteiger partial charge >= 0.3 is 0 Å². The molecule has 3 unspecified atom stereocenters. The van der Waals surface area contributed by atoms with Gasteiger partial charge in [-0.3, -0.25) is 9.67 Å². The van der Waals surface area contributed by atoms with E-state index in [-0.39, 0.29) is 16.4 Å². The fourth-order valence-electron chi connectivity index (χ4n) is 6.49. The minimum absolute atomic E-state index is 0.0824. The lowest BCUT2D eigenvalue weighted by Gasteiger charge is -2.46. The number of hydrogen-bond donors (Lipinski definition) is 1. The third-order valence-corrected chi connectivity index (χ3v) is 8.18. The third-order valence-electron chi connectivity index (χ3n) is 8.18. The summed E-state index contributed by atoms with van der Waals surface area (Å²) in [5, 5.41) is 8.57. The van der Waals surface area contributed by atoms with Crippen molar-refractivity contribution in [1.29, 1.82) is 0 Å². The van der Waals surface area contributed by atoms with E-state index in [1.807, 2.05) is 18.5 Å². The van der Waals surface area contributed by atoms with Crippen molar-refractivity contribution in [2.45, 2.75) is 95.2 Å². The zero-order chi connectivity index (χ0) is 21.5. The quantitative estimate of drug-likeness (QED) is 0.706. The Hall–Kier alpha value is -1.72. The molecule has 1 spiro atoms. The first-order valence-electron chi connectivity index (χ1n) is 12.2. The van der Waals surface area contributed by atoms with E-state index in [0.717, 1.165) is 38.8 Å². The lowest BCUT2D eigenvalue weighted by molar-refractivity contribution is -0.104. The first-order valence-corrected chi connectivity index (χ1v) is 12.2. The summed E-state index contributed by atoms with van der Waals surface area (Å²) in [7, 11) is 0. The van der Waals surface area contributed by atoms with E-state index >= 15 is 0 Å². The molecule has 0 bridgehead atoms. The van der Waals surface area contributed by atoms with Gasteiger partial charge < -0.3 is 10.1 Å². The van der Waals surface area contributed by atoms with E-state index < -0.39 is 0 Å². The molecule has 168 valence electrons. The maximum Gasteiger partial charge on any atom is 0.0691 e. The fourth-order valence-corrected chi connectivity index (χ4v) is 6.49. The molecule has 31 heavy (non-hydrogen) atoms. The molecule has 4 heterocycles. The van der Waals surface area contributed by atoms with Gasteiger partial charge in [-0.2, -0.15) is 5.10 Å². The van der Waals surface area contributed by atoms with Crippen LogP contribution in [0.4, 0.5) is 0 Å². The molecule has 0 amide bonds. The number of pyridine rings is 1. The Kier molecular flexibility index (Phi) is 5.46. The molecule has 1 aliphatic carbocycles. The topological polar surface area (TPSA) is 52.0 Å². The SMILES string of the molecule is CC(C)(C)C1CC(NCCC2(c3ccccn3)CCOC3(CCCC3)C2)c2ccnn21. The van der Waals surface area contributed by atoms with Gasteiger partial charge in [-0.05, 0) is 68.7 Å².